The summed E-state index contributed by atoms with van der Waals surface area (Å²) in [7, 11) is -3.55. The topological polar surface area (TPSA) is 76.8 Å². The highest BCUT2D eigenvalue weighted by atomic mass is 32.2. The zero-order chi connectivity index (χ0) is 17.7. The van der Waals surface area contributed by atoms with Crippen molar-refractivity contribution >= 4 is 16.0 Å². The molecule has 130 valence electrons. The van der Waals surface area contributed by atoms with Crippen LogP contribution in [0, 0.1) is 0 Å². The SMILES string of the molecule is CC[C@H](C)N(Cc1ccc(OS(C)(=O)=O)cc1)C(=O)c1ccco1. The Labute approximate surface area is 142 Å². The molecule has 1 aromatic heterocycles. The minimum Gasteiger partial charge on any atom is -0.459 e. The molecule has 0 unspecified atom stereocenters. The minimum atomic E-state index is -3.55. The summed E-state index contributed by atoms with van der Waals surface area (Å²) in [5.41, 5.74) is 0.871. The van der Waals surface area contributed by atoms with E-state index in [1.807, 2.05) is 13.8 Å². The molecule has 0 fully saturated rings. The predicted octanol–water partition coefficient (Wildman–Crippen LogP) is 3.06. The minimum absolute atomic E-state index is 0.0366. The number of nitrogens with zero attached hydrogens (tertiary/aromatic N) is 1. The van der Waals surface area contributed by atoms with E-state index in [2.05, 4.69) is 0 Å². The Morgan fingerprint density at radius 2 is 1.92 bits per heavy atom. The molecule has 0 saturated heterocycles. The second-order valence-electron chi connectivity index (χ2n) is 5.60. The first-order valence-electron chi connectivity index (χ1n) is 7.63. The Kier molecular flexibility index (Phi) is 5.66. The van der Waals surface area contributed by atoms with Crippen LogP contribution in [0.3, 0.4) is 0 Å². The average Bonchev–Trinajstić information content (AvgIpc) is 3.06. The van der Waals surface area contributed by atoms with Gasteiger partial charge in [-0.2, -0.15) is 8.42 Å². The van der Waals surface area contributed by atoms with Gasteiger partial charge >= 0.3 is 10.1 Å². The number of furan rings is 1. The van der Waals surface area contributed by atoms with Crippen molar-refractivity contribution in [2.24, 2.45) is 0 Å². The van der Waals surface area contributed by atoms with Gasteiger partial charge < -0.3 is 13.5 Å². The van der Waals surface area contributed by atoms with Crippen LogP contribution >= 0.6 is 0 Å². The Balaban J connectivity index is 2.16. The fourth-order valence-corrected chi connectivity index (χ4v) is 2.67. The Hall–Kier alpha value is -2.28. The van der Waals surface area contributed by atoms with Crippen molar-refractivity contribution in [3.05, 3.63) is 54.0 Å². The molecular weight excluding hydrogens is 330 g/mol. The summed E-state index contributed by atoms with van der Waals surface area (Å²) in [6, 6.07) is 9.98. The van der Waals surface area contributed by atoms with Gasteiger partial charge in [-0.25, -0.2) is 0 Å². The molecule has 0 aliphatic rings. The summed E-state index contributed by atoms with van der Waals surface area (Å²) in [5, 5.41) is 0. The van der Waals surface area contributed by atoms with Gasteiger partial charge in [0, 0.05) is 12.6 Å². The predicted molar refractivity (Wildman–Crippen MR) is 90.2 cm³/mol. The summed E-state index contributed by atoms with van der Waals surface area (Å²) >= 11 is 0. The highest BCUT2D eigenvalue weighted by molar-refractivity contribution is 7.86. The van der Waals surface area contributed by atoms with Gasteiger partial charge in [-0.15, -0.1) is 0 Å². The van der Waals surface area contributed by atoms with Crippen molar-refractivity contribution in [3.63, 3.8) is 0 Å². The summed E-state index contributed by atoms with van der Waals surface area (Å²) in [5.74, 6) is 0.367. The first kappa shape index (κ1) is 18.1. The number of benzene rings is 1. The van der Waals surface area contributed by atoms with Gasteiger partial charge in [0.05, 0.1) is 12.5 Å². The molecule has 0 radical (unpaired) electrons. The van der Waals surface area contributed by atoms with Gasteiger partial charge in [0.15, 0.2) is 5.76 Å². The van der Waals surface area contributed by atoms with Crippen LogP contribution < -0.4 is 4.18 Å². The summed E-state index contributed by atoms with van der Waals surface area (Å²) in [4.78, 5) is 14.3. The van der Waals surface area contributed by atoms with Gasteiger partial charge in [0.2, 0.25) is 0 Å². The number of carbonyl (C=O) groups is 1. The molecule has 2 aromatic rings. The Morgan fingerprint density at radius 3 is 2.42 bits per heavy atom. The van der Waals surface area contributed by atoms with E-state index in [1.165, 1.54) is 6.26 Å². The van der Waals surface area contributed by atoms with Crippen molar-refractivity contribution in [2.75, 3.05) is 6.26 Å². The summed E-state index contributed by atoms with van der Waals surface area (Å²) in [6.07, 6.45) is 3.27. The van der Waals surface area contributed by atoms with E-state index in [1.54, 1.807) is 41.3 Å². The molecule has 1 aromatic carbocycles. The third-order valence-electron chi connectivity index (χ3n) is 3.64. The van der Waals surface area contributed by atoms with Gasteiger partial charge in [0.1, 0.15) is 5.75 Å². The van der Waals surface area contributed by atoms with Crippen LogP contribution in [0.2, 0.25) is 0 Å². The molecular formula is C17H21NO5S. The first-order valence-corrected chi connectivity index (χ1v) is 9.44. The maximum atomic E-state index is 12.6. The van der Waals surface area contributed by atoms with Crippen molar-refractivity contribution in [3.8, 4) is 5.75 Å². The van der Waals surface area contributed by atoms with E-state index in [0.717, 1.165) is 18.2 Å². The van der Waals surface area contributed by atoms with Crippen molar-refractivity contribution in [2.45, 2.75) is 32.9 Å². The van der Waals surface area contributed by atoms with E-state index in [9.17, 15) is 13.2 Å². The number of rotatable bonds is 7. The molecule has 6 nitrogen and oxygen atoms in total. The molecule has 0 aliphatic heterocycles. The Bertz CT molecular complexity index is 766. The van der Waals surface area contributed by atoms with E-state index < -0.39 is 10.1 Å². The van der Waals surface area contributed by atoms with Gasteiger partial charge in [-0.1, -0.05) is 19.1 Å². The van der Waals surface area contributed by atoms with Crippen molar-refractivity contribution in [1.29, 1.82) is 0 Å². The lowest BCUT2D eigenvalue weighted by Crippen LogP contribution is -2.37. The second kappa shape index (κ2) is 7.53. The third-order valence-corrected chi connectivity index (χ3v) is 4.13. The number of hydrogen-bond acceptors (Lipinski definition) is 5. The van der Waals surface area contributed by atoms with Crippen LogP contribution in [0.25, 0.3) is 0 Å². The largest absolute Gasteiger partial charge is 0.459 e. The molecule has 0 bridgehead atoms. The fourth-order valence-electron chi connectivity index (χ4n) is 2.21. The van der Waals surface area contributed by atoms with Gasteiger partial charge in [-0.05, 0) is 43.2 Å². The molecule has 1 amide bonds. The smallest absolute Gasteiger partial charge is 0.306 e. The highest BCUT2D eigenvalue weighted by Gasteiger charge is 2.22. The van der Waals surface area contributed by atoms with Crippen molar-refractivity contribution in [1.82, 2.24) is 4.90 Å². The monoisotopic (exact) mass is 351 g/mol. The van der Waals surface area contributed by atoms with Crippen molar-refractivity contribution < 1.29 is 21.8 Å². The maximum absolute atomic E-state index is 12.6. The van der Waals surface area contributed by atoms with Crippen LogP contribution in [-0.2, 0) is 16.7 Å². The summed E-state index contributed by atoms with van der Waals surface area (Å²) < 4.78 is 32.3. The fraction of sp³-hybridized carbons (Fsp3) is 0.353. The van der Waals surface area contributed by atoms with Crippen LogP contribution in [0.4, 0.5) is 0 Å². The van der Waals surface area contributed by atoms with Gasteiger partial charge in [0.25, 0.3) is 5.91 Å². The lowest BCUT2D eigenvalue weighted by molar-refractivity contribution is 0.0638. The standard InChI is InChI=1S/C17H21NO5S/c1-4-13(2)18(17(19)16-6-5-11-22-16)12-14-7-9-15(10-8-14)23-24(3,20)21/h5-11,13H,4,12H2,1-3H3/t13-/m0/s1. The normalized spacial score (nSPS) is 12.6. The summed E-state index contributed by atoms with van der Waals surface area (Å²) in [6.45, 7) is 4.38. The van der Waals surface area contributed by atoms with Crippen LogP contribution in [0.5, 0.6) is 5.75 Å². The molecule has 0 N–H and O–H groups in total. The first-order chi connectivity index (χ1) is 11.3. The zero-order valence-electron chi connectivity index (χ0n) is 13.9. The molecule has 24 heavy (non-hydrogen) atoms. The number of amides is 1. The van der Waals surface area contributed by atoms with E-state index in [0.29, 0.717) is 12.3 Å². The van der Waals surface area contributed by atoms with E-state index in [4.69, 9.17) is 8.60 Å². The van der Waals surface area contributed by atoms with Crippen LogP contribution in [0.1, 0.15) is 36.4 Å². The molecule has 2 rings (SSSR count). The second-order valence-corrected chi connectivity index (χ2v) is 7.17. The van der Waals surface area contributed by atoms with E-state index in [-0.39, 0.29) is 17.7 Å². The van der Waals surface area contributed by atoms with E-state index >= 15 is 0 Å². The molecule has 1 heterocycles. The molecule has 7 heteroatoms. The lowest BCUT2D eigenvalue weighted by Gasteiger charge is -2.28. The third kappa shape index (κ3) is 4.86. The highest BCUT2D eigenvalue weighted by Crippen LogP contribution is 2.19. The quantitative estimate of drug-likeness (QED) is 0.717. The lowest BCUT2D eigenvalue weighted by atomic mass is 10.1. The zero-order valence-corrected chi connectivity index (χ0v) is 14.7. The average molecular weight is 351 g/mol. The Morgan fingerprint density at radius 1 is 1.25 bits per heavy atom. The van der Waals surface area contributed by atoms with Gasteiger partial charge in [-0.3, -0.25) is 4.79 Å². The molecule has 1 atom stereocenters. The molecule has 0 aliphatic carbocycles. The van der Waals surface area contributed by atoms with Crippen LogP contribution in [0.15, 0.2) is 47.1 Å². The molecule has 0 saturated carbocycles. The maximum Gasteiger partial charge on any atom is 0.306 e. The molecule has 0 spiro atoms. The number of carbonyl (C=O) groups excluding carboxylic acids is 1. The number of hydrogen-bond donors (Lipinski definition) is 0. The van der Waals surface area contributed by atoms with Crippen LogP contribution in [-0.4, -0.2) is 31.5 Å².